The van der Waals surface area contributed by atoms with Crippen LogP contribution in [0, 0.1) is 17.2 Å². The fourth-order valence-electron chi connectivity index (χ4n) is 2.34. The Balaban J connectivity index is 1.90. The molecule has 1 aromatic carbocycles. The maximum atomic E-state index is 8.79. The van der Waals surface area contributed by atoms with Crippen LogP contribution in [-0.4, -0.2) is 9.97 Å². The van der Waals surface area contributed by atoms with Gasteiger partial charge in [0.1, 0.15) is 5.82 Å². The topological polar surface area (TPSA) is 78.5 Å². The van der Waals surface area contributed by atoms with Crippen LogP contribution < -0.4 is 5.73 Å². The SMILES string of the molecule is CC(N)(c1ncc(-c2ccc(C#N)cc2)[nH]1)C1CC1. The fraction of sp³-hybridized carbons (Fsp3) is 0.333. The van der Waals surface area contributed by atoms with Gasteiger partial charge in [0.15, 0.2) is 0 Å². The smallest absolute Gasteiger partial charge is 0.126 e. The third-order valence-electron chi connectivity index (χ3n) is 3.84. The molecule has 4 nitrogen and oxygen atoms in total. The molecule has 0 radical (unpaired) electrons. The molecule has 1 saturated carbocycles. The van der Waals surface area contributed by atoms with Gasteiger partial charge in [-0.3, -0.25) is 0 Å². The molecule has 2 aromatic rings. The molecule has 19 heavy (non-hydrogen) atoms. The van der Waals surface area contributed by atoms with Crippen molar-refractivity contribution in [3.8, 4) is 17.3 Å². The Morgan fingerprint density at radius 3 is 2.63 bits per heavy atom. The third kappa shape index (κ3) is 2.13. The average Bonchev–Trinajstić information content (AvgIpc) is 3.17. The Labute approximate surface area is 112 Å². The number of imidazole rings is 1. The summed E-state index contributed by atoms with van der Waals surface area (Å²) in [5.74, 6) is 1.38. The number of nitriles is 1. The first-order valence-electron chi connectivity index (χ1n) is 6.46. The van der Waals surface area contributed by atoms with Gasteiger partial charge in [0.25, 0.3) is 0 Å². The molecule has 0 spiro atoms. The molecule has 1 unspecified atom stereocenters. The van der Waals surface area contributed by atoms with Crippen molar-refractivity contribution in [3.63, 3.8) is 0 Å². The van der Waals surface area contributed by atoms with Crippen molar-refractivity contribution in [1.82, 2.24) is 9.97 Å². The molecular weight excluding hydrogens is 236 g/mol. The lowest BCUT2D eigenvalue weighted by atomic mass is 9.97. The highest BCUT2D eigenvalue weighted by Gasteiger charge is 2.41. The summed E-state index contributed by atoms with van der Waals surface area (Å²) in [6, 6.07) is 9.56. The van der Waals surface area contributed by atoms with E-state index in [1.807, 2.05) is 25.3 Å². The van der Waals surface area contributed by atoms with Crippen molar-refractivity contribution >= 4 is 0 Å². The highest BCUT2D eigenvalue weighted by Crippen LogP contribution is 2.43. The van der Waals surface area contributed by atoms with Crippen LogP contribution in [0.1, 0.15) is 31.2 Å². The second kappa shape index (κ2) is 4.22. The fourth-order valence-corrected chi connectivity index (χ4v) is 2.34. The molecule has 1 aliphatic rings. The first-order valence-corrected chi connectivity index (χ1v) is 6.46. The minimum absolute atomic E-state index is 0.370. The van der Waals surface area contributed by atoms with Crippen LogP contribution in [0.2, 0.25) is 0 Å². The van der Waals surface area contributed by atoms with Crippen molar-refractivity contribution in [2.24, 2.45) is 11.7 Å². The van der Waals surface area contributed by atoms with E-state index in [-0.39, 0.29) is 5.54 Å². The largest absolute Gasteiger partial charge is 0.340 e. The molecule has 3 rings (SSSR count). The van der Waals surface area contributed by atoms with E-state index in [0.717, 1.165) is 17.1 Å². The zero-order valence-electron chi connectivity index (χ0n) is 10.9. The first kappa shape index (κ1) is 11.9. The van der Waals surface area contributed by atoms with E-state index >= 15 is 0 Å². The number of aromatic nitrogens is 2. The summed E-state index contributed by atoms with van der Waals surface area (Å²) in [6.07, 6.45) is 4.17. The zero-order chi connectivity index (χ0) is 13.5. The molecule has 96 valence electrons. The Hall–Kier alpha value is -2.12. The predicted octanol–water partition coefficient (Wildman–Crippen LogP) is 2.53. The lowest BCUT2D eigenvalue weighted by Gasteiger charge is -2.21. The Morgan fingerprint density at radius 2 is 2.05 bits per heavy atom. The molecule has 1 heterocycles. The lowest BCUT2D eigenvalue weighted by molar-refractivity contribution is 0.404. The summed E-state index contributed by atoms with van der Waals surface area (Å²) in [5.41, 5.74) is 8.59. The third-order valence-corrected chi connectivity index (χ3v) is 3.84. The molecule has 4 heteroatoms. The van der Waals surface area contributed by atoms with Gasteiger partial charge in [0.05, 0.1) is 29.1 Å². The van der Waals surface area contributed by atoms with Crippen LogP contribution in [0.15, 0.2) is 30.5 Å². The average molecular weight is 252 g/mol. The van der Waals surface area contributed by atoms with E-state index in [9.17, 15) is 0 Å². The monoisotopic (exact) mass is 252 g/mol. The lowest BCUT2D eigenvalue weighted by Crippen LogP contribution is -2.36. The Morgan fingerprint density at radius 1 is 1.37 bits per heavy atom. The summed E-state index contributed by atoms with van der Waals surface area (Å²) >= 11 is 0. The molecule has 0 saturated heterocycles. The summed E-state index contributed by atoms with van der Waals surface area (Å²) in [6.45, 7) is 2.03. The number of H-pyrrole nitrogens is 1. The van der Waals surface area contributed by atoms with E-state index in [1.165, 1.54) is 12.8 Å². The van der Waals surface area contributed by atoms with Gasteiger partial charge in [0.2, 0.25) is 0 Å². The number of aromatic amines is 1. The molecule has 1 atom stereocenters. The van der Waals surface area contributed by atoms with Gasteiger partial charge in [-0.05, 0) is 43.4 Å². The number of benzene rings is 1. The minimum atomic E-state index is -0.370. The van der Waals surface area contributed by atoms with E-state index in [1.54, 1.807) is 12.1 Å². The summed E-state index contributed by atoms with van der Waals surface area (Å²) in [4.78, 5) is 7.73. The van der Waals surface area contributed by atoms with Crippen molar-refractivity contribution in [2.75, 3.05) is 0 Å². The van der Waals surface area contributed by atoms with Gasteiger partial charge in [-0.1, -0.05) is 12.1 Å². The summed E-state index contributed by atoms with van der Waals surface area (Å²) in [7, 11) is 0. The second-order valence-corrected chi connectivity index (χ2v) is 5.39. The normalized spacial score (nSPS) is 17.7. The van der Waals surface area contributed by atoms with Gasteiger partial charge in [-0.2, -0.15) is 5.26 Å². The molecule has 3 N–H and O–H groups in total. The number of nitrogens with two attached hydrogens (primary N) is 1. The van der Waals surface area contributed by atoms with Crippen LogP contribution in [0.3, 0.4) is 0 Å². The molecule has 0 amide bonds. The quantitative estimate of drug-likeness (QED) is 0.881. The van der Waals surface area contributed by atoms with Crippen LogP contribution in [-0.2, 0) is 5.54 Å². The number of hydrogen-bond donors (Lipinski definition) is 2. The number of rotatable bonds is 3. The predicted molar refractivity (Wildman–Crippen MR) is 73.0 cm³/mol. The van der Waals surface area contributed by atoms with E-state index < -0.39 is 0 Å². The van der Waals surface area contributed by atoms with E-state index in [4.69, 9.17) is 11.0 Å². The van der Waals surface area contributed by atoms with Crippen LogP contribution in [0.5, 0.6) is 0 Å². The van der Waals surface area contributed by atoms with Crippen LogP contribution in [0.4, 0.5) is 0 Å². The standard InChI is InChI=1S/C15H16N4/c1-15(17,12-6-7-12)14-18-9-13(19-14)11-4-2-10(8-16)3-5-11/h2-5,9,12H,6-7,17H2,1H3,(H,18,19). The van der Waals surface area contributed by atoms with Crippen LogP contribution >= 0.6 is 0 Å². The number of nitrogens with zero attached hydrogens (tertiary/aromatic N) is 2. The van der Waals surface area contributed by atoms with Crippen LogP contribution in [0.25, 0.3) is 11.3 Å². The molecule has 1 fully saturated rings. The summed E-state index contributed by atoms with van der Waals surface area (Å²) in [5, 5.41) is 8.79. The molecular formula is C15H16N4. The van der Waals surface area contributed by atoms with E-state index in [2.05, 4.69) is 16.0 Å². The number of nitrogens with one attached hydrogen (secondary N) is 1. The molecule has 0 aliphatic heterocycles. The Kier molecular flexibility index (Phi) is 2.65. The maximum Gasteiger partial charge on any atom is 0.126 e. The highest BCUT2D eigenvalue weighted by molar-refractivity contribution is 5.59. The van der Waals surface area contributed by atoms with Crippen molar-refractivity contribution in [2.45, 2.75) is 25.3 Å². The first-order chi connectivity index (χ1) is 9.11. The van der Waals surface area contributed by atoms with Gasteiger partial charge >= 0.3 is 0 Å². The van der Waals surface area contributed by atoms with Gasteiger partial charge in [-0.25, -0.2) is 4.98 Å². The molecule has 1 aromatic heterocycles. The van der Waals surface area contributed by atoms with E-state index in [0.29, 0.717) is 11.5 Å². The van der Waals surface area contributed by atoms with Crippen molar-refractivity contribution < 1.29 is 0 Å². The zero-order valence-corrected chi connectivity index (χ0v) is 10.9. The van der Waals surface area contributed by atoms with Crippen molar-refractivity contribution in [1.29, 1.82) is 5.26 Å². The van der Waals surface area contributed by atoms with Crippen molar-refractivity contribution in [3.05, 3.63) is 41.9 Å². The highest BCUT2D eigenvalue weighted by atomic mass is 15.0. The minimum Gasteiger partial charge on any atom is -0.340 e. The molecule has 0 bridgehead atoms. The summed E-state index contributed by atoms with van der Waals surface area (Å²) < 4.78 is 0. The molecule has 1 aliphatic carbocycles. The van der Waals surface area contributed by atoms with Gasteiger partial charge in [-0.15, -0.1) is 0 Å². The van der Waals surface area contributed by atoms with Gasteiger partial charge < -0.3 is 10.7 Å². The maximum absolute atomic E-state index is 8.79. The number of hydrogen-bond acceptors (Lipinski definition) is 3. The Bertz CT molecular complexity index is 627. The second-order valence-electron chi connectivity index (χ2n) is 5.39. The van der Waals surface area contributed by atoms with Gasteiger partial charge in [0, 0.05) is 0 Å².